The predicted octanol–water partition coefficient (Wildman–Crippen LogP) is 1.24. The van der Waals surface area contributed by atoms with Crippen molar-refractivity contribution in [1.82, 2.24) is 0 Å². The Morgan fingerprint density at radius 1 is 1.38 bits per heavy atom. The van der Waals surface area contributed by atoms with Crippen LogP contribution >= 0.6 is 0 Å². The summed E-state index contributed by atoms with van der Waals surface area (Å²) in [4.78, 5) is 11.4. The van der Waals surface area contributed by atoms with Crippen molar-refractivity contribution in [3.63, 3.8) is 0 Å². The van der Waals surface area contributed by atoms with E-state index in [0.717, 1.165) is 6.08 Å². The topological polar surface area (TPSA) is 66.9 Å². The number of nitrogens with zero attached hydrogens (tertiary/aromatic N) is 1. The Hall–Kier alpha value is -2.08. The summed E-state index contributed by atoms with van der Waals surface area (Å²) in [6.45, 7) is 0. The molecular weight excluding hydrogens is 164 g/mol. The Labute approximate surface area is 76.1 Å². The molecule has 1 aromatic rings. The number of ketones is 1. The van der Waals surface area contributed by atoms with Crippen LogP contribution in [0, 0.1) is 11.3 Å². The Morgan fingerprint density at radius 2 is 2.00 bits per heavy atom. The van der Waals surface area contributed by atoms with E-state index >= 15 is 0 Å². The Kier molecular flexibility index (Phi) is 2.82. The maximum atomic E-state index is 11.4. The minimum absolute atomic E-state index is 0.0336. The first kappa shape index (κ1) is 9.01. The van der Waals surface area contributed by atoms with E-state index in [4.69, 9.17) is 11.0 Å². The highest BCUT2D eigenvalue weighted by Crippen LogP contribution is 2.03. The standard InChI is InChI=1S/C10H8N2O/c11-7-6-9(12)10(13)8-4-2-1-3-5-8/h1-6H,12H2/b9-6+. The normalized spacial score (nSPS) is 10.5. The summed E-state index contributed by atoms with van der Waals surface area (Å²) in [7, 11) is 0. The van der Waals surface area contributed by atoms with Gasteiger partial charge in [0, 0.05) is 11.6 Å². The largest absolute Gasteiger partial charge is 0.395 e. The lowest BCUT2D eigenvalue weighted by molar-refractivity contribution is 0.103. The second-order valence-corrected chi connectivity index (χ2v) is 2.42. The summed E-state index contributed by atoms with van der Waals surface area (Å²) in [5, 5.41) is 8.27. The molecule has 64 valence electrons. The molecule has 0 aliphatic carbocycles. The number of nitriles is 1. The second-order valence-electron chi connectivity index (χ2n) is 2.42. The van der Waals surface area contributed by atoms with Crippen LogP contribution in [0.3, 0.4) is 0 Å². The highest BCUT2D eigenvalue weighted by molar-refractivity contribution is 6.08. The van der Waals surface area contributed by atoms with Crippen LogP contribution in [0.4, 0.5) is 0 Å². The first-order valence-corrected chi connectivity index (χ1v) is 3.70. The first-order chi connectivity index (χ1) is 6.25. The van der Waals surface area contributed by atoms with Crippen molar-refractivity contribution in [2.24, 2.45) is 5.73 Å². The molecule has 1 aromatic carbocycles. The van der Waals surface area contributed by atoms with Crippen LogP contribution in [0.25, 0.3) is 0 Å². The number of carbonyl (C=O) groups excluding carboxylic acids is 1. The van der Waals surface area contributed by atoms with E-state index in [-0.39, 0.29) is 11.5 Å². The van der Waals surface area contributed by atoms with Crippen molar-refractivity contribution < 1.29 is 4.79 Å². The third-order valence-corrected chi connectivity index (χ3v) is 1.52. The van der Waals surface area contributed by atoms with Gasteiger partial charge in [-0.1, -0.05) is 30.3 Å². The lowest BCUT2D eigenvalue weighted by Crippen LogP contribution is -2.10. The highest BCUT2D eigenvalue weighted by atomic mass is 16.1. The van der Waals surface area contributed by atoms with E-state index in [9.17, 15) is 4.79 Å². The van der Waals surface area contributed by atoms with E-state index in [1.807, 2.05) is 0 Å². The predicted molar refractivity (Wildman–Crippen MR) is 48.7 cm³/mol. The molecule has 3 heteroatoms. The number of Topliss-reactive ketones (excluding diaryl/α,β-unsaturated/α-hetero) is 1. The number of nitrogens with two attached hydrogens (primary N) is 1. The van der Waals surface area contributed by atoms with Crippen LogP contribution in [0.1, 0.15) is 10.4 Å². The molecule has 3 nitrogen and oxygen atoms in total. The summed E-state index contributed by atoms with van der Waals surface area (Å²) in [5.41, 5.74) is 5.81. The van der Waals surface area contributed by atoms with Crippen molar-refractivity contribution in [3.8, 4) is 6.07 Å². The quantitative estimate of drug-likeness (QED) is 0.414. The van der Waals surface area contributed by atoms with E-state index in [1.54, 1.807) is 36.4 Å². The van der Waals surface area contributed by atoms with Crippen LogP contribution in [-0.2, 0) is 0 Å². The zero-order chi connectivity index (χ0) is 9.68. The van der Waals surface area contributed by atoms with Gasteiger partial charge in [-0.3, -0.25) is 4.79 Å². The molecule has 0 radical (unpaired) electrons. The van der Waals surface area contributed by atoms with Gasteiger partial charge in [0.15, 0.2) is 0 Å². The highest BCUT2D eigenvalue weighted by Gasteiger charge is 2.06. The Bertz CT molecular complexity index is 374. The molecular formula is C10H8N2O. The summed E-state index contributed by atoms with van der Waals surface area (Å²) in [6, 6.07) is 10.3. The fraction of sp³-hybridized carbons (Fsp3) is 0. The van der Waals surface area contributed by atoms with Gasteiger partial charge >= 0.3 is 0 Å². The fourth-order valence-electron chi connectivity index (χ4n) is 0.891. The molecule has 0 aromatic heterocycles. The van der Waals surface area contributed by atoms with Crippen molar-refractivity contribution in [2.75, 3.05) is 0 Å². The van der Waals surface area contributed by atoms with Crippen LogP contribution in [-0.4, -0.2) is 5.78 Å². The molecule has 0 aliphatic heterocycles. The number of carbonyl (C=O) groups is 1. The van der Waals surface area contributed by atoms with E-state index in [1.165, 1.54) is 0 Å². The van der Waals surface area contributed by atoms with Gasteiger partial charge in [0.25, 0.3) is 0 Å². The molecule has 0 saturated heterocycles. The summed E-state index contributed by atoms with van der Waals surface area (Å²) >= 11 is 0. The third-order valence-electron chi connectivity index (χ3n) is 1.52. The lowest BCUT2D eigenvalue weighted by Gasteiger charge is -1.97. The molecule has 0 bridgehead atoms. The second kappa shape index (κ2) is 4.07. The molecule has 0 saturated carbocycles. The van der Waals surface area contributed by atoms with Crippen LogP contribution in [0.15, 0.2) is 42.1 Å². The Balaban J connectivity index is 2.95. The number of benzene rings is 1. The number of allylic oxidation sites excluding steroid dienone is 2. The zero-order valence-electron chi connectivity index (χ0n) is 6.90. The monoisotopic (exact) mass is 172 g/mol. The van der Waals surface area contributed by atoms with E-state index in [2.05, 4.69) is 0 Å². The van der Waals surface area contributed by atoms with Crippen molar-refractivity contribution >= 4 is 5.78 Å². The van der Waals surface area contributed by atoms with Gasteiger partial charge in [0.1, 0.15) is 0 Å². The molecule has 13 heavy (non-hydrogen) atoms. The number of rotatable bonds is 2. The smallest absolute Gasteiger partial charge is 0.209 e. The van der Waals surface area contributed by atoms with Gasteiger partial charge in [0.2, 0.25) is 5.78 Å². The fourth-order valence-corrected chi connectivity index (χ4v) is 0.891. The SMILES string of the molecule is N#C/C=C(/N)C(=O)c1ccccc1. The number of hydrogen-bond acceptors (Lipinski definition) is 3. The van der Waals surface area contributed by atoms with Crippen LogP contribution < -0.4 is 5.73 Å². The van der Waals surface area contributed by atoms with Gasteiger partial charge in [-0.25, -0.2) is 0 Å². The van der Waals surface area contributed by atoms with Crippen molar-refractivity contribution in [3.05, 3.63) is 47.7 Å². The van der Waals surface area contributed by atoms with Gasteiger partial charge in [-0.15, -0.1) is 0 Å². The van der Waals surface area contributed by atoms with Gasteiger partial charge < -0.3 is 5.73 Å². The maximum Gasteiger partial charge on any atom is 0.209 e. The zero-order valence-corrected chi connectivity index (χ0v) is 6.90. The van der Waals surface area contributed by atoms with E-state index in [0.29, 0.717) is 5.56 Å². The van der Waals surface area contributed by atoms with Crippen LogP contribution in [0.5, 0.6) is 0 Å². The Morgan fingerprint density at radius 3 is 2.54 bits per heavy atom. The molecule has 0 atom stereocenters. The van der Waals surface area contributed by atoms with E-state index < -0.39 is 0 Å². The van der Waals surface area contributed by atoms with Crippen molar-refractivity contribution in [2.45, 2.75) is 0 Å². The van der Waals surface area contributed by atoms with Gasteiger partial charge in [-0.2, -0.15) is 5.26 Å². The minimum atomic E-state index is -0.317. The molecule has 0 unspecified atom stereocenters. The molecule has 0 spiro atoms. The molecule has 0 heterocycles. The summed E-state index contributed by atoms with van der Waals surface area (Å²) in [5.74, 6) is -0.317. The summed E-state index contributed by atoms with van der Waals surface area (Å²) in [6.07, 6.45) is 1.04. The van der Waals surface area contributed by atoms with Crippen molar-refractivity contribution in [1.29, 1.82) is 5.26 Å². The average Bonchev–Trinajstić information content (AvgIpc) is 2.18. The summed E-state index contributed by atoms with van der Waals surface area (Å²) < 4.78 is 0. The molecule has 1 rings (SSSR count). The van der Waals surface area contributed by atoms with Gasteiger partial charge in [0.05, 0.1) is 11.8 Å². The molecule has 0 fully saturated rings. The minimum Gasteiger partial charge on any atom is -0.395 e. The molecule has 0 aliphatic rings. The molecule has 2 N–H and O–H groups in total. The van der Waals surface area contributed by atoms with Crippen LogP contribution in [0.2, 0.25) is 0 Å². The maximum absolute atomic E-state index is 11.4. The number of hydrogen-bond donors (Lipinski definition) is 1. The third kappa shape index (κ3) is 2.17. The lowest BCUT2D eigenvalue weighted by atomic mass is 10.1. The average molecular weight is 172 g/mol. The first-order valence-electron chi connectivity index (χ1n) is 3.70. The molecule has 0 amide bonds. The van der Waals surface area contributed by atoms with Gasteiger partial charge in [-0.05, 0) is 0 Å².